The summed E-state index contributed by atoms with van der Waals surface area (Å²) < 4.78 is 47.0. The lowest BCUT2D eigenvalue weighted by Gasteiger charge is -2.15. The molecule has 0 radical (unpaired) electrons. The van der Waals surface area contributed by atoms with Crippen LogP contribution < -0.4 is 5.32 Å². The number of benzene rings is 1. The second-order valence-corrected chi connectivity index (χ2v) is 6.38. The van der Waals surface area contributed by atoms with E-state index < -0.39 is 29.4 Å². The molecule has 0 saturated carbocycles. The van der Waals surface area contributed by atoms with Gasteiger partial charge in [-0.1, -0.05) is 17.7 Å². The molecule has 1 amide bonds. The first kappa shape index (κ1) is 19.0. The van der Waals surface area contributed by atoms with Crippen LogP contribution in [-0.4, -0.2) is 15.7 Å². The number of halogens is 4. The number of nitrogens with zero attached hydrogens (tertiary/aromatic N) is 2. The van der Waals surface area contributed by atoms with Crippen LogP contribution >= 0.6 is 11.6 Å². The Morgan fingerprint density at radius 2 is 2.04 bits per heavy atom. The SMILES string of the molecule is Cc1ccc(C(C)NC(=O)c2cnn(-c3cccc(Cl)c3)c2C(F)(F)F)o1. The molecule has 1 unspecified atom stereocenters. The number of carbonyl (C=O) groups is 1. The zero-order chi connectivity index (χ0) is 19.8. The van der Waals surface area contributed by atoms with Crippen LogP contribution in [0.25, 0.3) is 5.69 Å². The Hall–Kier alpha value is -2.74. The van der Waals surface area contributed by atoms with Crippen molar-refractivity contribution in [1.29, 1.82) is 0 Å². The minimum absolute atomic E-state index is 0.101. The number of amides is 1. The van der Waals surface area contributed by atoms with Crippen molar-refractivity contribution in [1.82, 2.24) is 15.1 Å². The van der Waals surface area contributed by atoms with E-state index >= 15 is 0 Å². The maximum atomic E-state index is 13.7. The van der Waals surface area contributed by atoms with Crippen molar-refractivity contribution in [2.45, 2.75) is 26.1 Å². The molecule has 0 spiro atoms. The van der Waals surface area contributed by atoms with Crippen molar-refractivity contribution in [2.75, 3.05) is 0 Å². The first-order valence-corrected chi connectivity index (χ1v) is 8.33. The molecule has 0 aliphatic carbocycles. The average Bonchev–Trinajstić information content (AvgIpc) is 3.20. The van der Waals surface area contributed by atoms with Crippen molar-refractivity contribution in [2.24, 2.45) is 0 Å². The van der Waals surface area contributed by atoms with E-state index in [2.05, 4.69) is 10.4 Å². The number of alkyl halides is 3. The molecule has 0 fully saturated rings. The summed E-state index contributed by atoms with van der Waals surface area (Å²) in [6.45, 7) is 3.35. The summed E-state index contributed by atoms with van der Waals surface area (Å²) >= 11 is 5.86. The molecular weight excluding hydrogens is 383 g/mol. The number of aromatic nitrogens is 2. The molecule has 5 nitrogen and oxygen atoms in total. The maximum Gasteiger partial charge on any atom is 0.434 e. The van der Waals surface area contributed by atoms with Crippen LogP contribution in [-0.2, 0) is 6.18 Å². The summed E-state index contributed by atoms with van der Waals surface area (Å²) in [5, 5.41) is 6.51. The Morgan fingerprint density at radius 1 is 1.30 bits per heavy atom. The molecule has 27 heavy (non-hydrogen) atoms. The average molecular weight is 398 g/mol. The van der Waals surface area contributed by atoms with Gasteiger partial charge >= 0.3 is 6.18 Å². The molecule has 3 rings (SSSR count). The lowest BCUT2D eigenvalue weighted by atomic mass is 10.2. The molecule has 1 atom stereocenters. The second-order valence-electron chi connectivity index (χ2n) is 5.94. The molecule has 142 valence electrons. The van der Waals surface area contributed by atoms with Crippen LogP contribution in [0.15, 0.2) is 47.0 Å². The van der Waals surface area contributed by atoms with Gasteiger partial charge in [0.1, 0.15) is 11.5 Å². The Labute approximate surface area is 157 Å². The third-order valence-corrected chi connectivity index (χ3v) is 4.11. The summed E-state index contributed by atoms with van der Waals surface area (Å²) in [5.74, 6) is 0.171. The smallest absolute Gasteiger partial charge is 0.434 e. The van der Waals surface area contributed by atoms with E-state index in [4.69, 9.17) is 16.0 Å². The quantitative estimate of drug-likeness (QED) is 0.678. The lowest BCUT2D eigenvalue weighted by Crippen LogP contribution is -2.28. The molecule has 0 saturated heterocycles. The van der Waals surface area contributed by atoms with Gasteiger partial charge in [0, 0.05) is 5.02 Å². The fourth-order valence-corrected chi connectivity index (χ4v) is 2.81. The predicted molar refractivity (Wildman–Crippen MR) is 92.9 cm³/mol. The Bertz CT molecular complexity index is 978. The minimum Gasteiger partial charge on any atom is -0.464 e. The molecule has 0 aliphatic rings. The zero-order valence-corrected chi connectivity index (χ0v) is 15.1. The summed E-state index contributed by atoms with van der Waals surface area (Å²) in [7, 11) is 0. The van der Waals surface area contributed by atoms with E-state index in [0.29, 0.717) is 16.2 Å². The van der Waals surface area contributed by atoms with E-state index in [-0.39, 0.29) is 10.7 Å². The van der Waals surface area contributed by atoms with Gasteiger partial charge < -0.3 is 9.73 Å². The van der Waals surface area contributed by atoms with Crippen molar-refractivity contribution < 1.29 is 22.4 Å². The molecule has 1 aromatic carbocycles. The summed E-state index contributed by atoms with van der Waals surface area (Å²) in [6, 6.07) is 8.53. The van der Waals surface area contributed by atoms with E-state index in [1.165, 1.54) is 24.3 Å². The van der Waals surface area contributed by atoms with Gasteiger partial charge in [-0.25, -0.2) is 4.68 Å². The van der Waals surface area contributed by atoms with Crippen LogP contribution in [0.4, 0.5) is 13.2 Å². The highest BCUT2D eigenvalue weighted by molar-refractivity contribution is 6.30. The third kappa shape index (κ3) is 4.00. The van der Waals surface area contributed by atoms with Crippen LogP contribution in [0, 0.1) is 6.92 Å². The minimum atomic E-state index is -4.80. The standard InChI is InChI=1S/C18H15ClF3N3O2/c1-10-6-7-15(27-10)11(2)24-17(26)14-9-23-25(16(14)18(20,21)22)13-5-3-4-12(19)8-13/h3-9,11H,1-2H3,(H,24,26). The maximum absolute atomic E-state index is 13.7. The fourth-order valence-electron chi connectivity index (χ4n) is 2.62. The van der Waals surface area contributed by atoms with Crippen LogP contribution in [0.1, 0.15) is 40.5 Å². The predicted octanol–water partition coefficient (Wildman–Crippen LogP) is 4.94. The van der Waals surface area contributed by atoms with Gasteiger partial charge in [-0.2, -0.15) is 18.3 Å². The highest BCUT2D eigenvalue weighted by Crippen LogP contribution is 2.34. The van der Waals surface area contributed by atoms with Crippen LogP contribution in [0.2, 0.25) is 5.02 Å². The number of nitrogens with one attached hydrogen (secondary N) is 1. The summed E-state index contributed by atoms with van der Waals surface area (Å²) in [5.41, 5.74) is -1.66. The first-order valence-electron chi connectivity index (χ1n) is 7.95. The van der Waals surface area contributed by atoms with Gasteiger partial charge in [0.05, 0.1) is 23.5 Å². The Kier molecular flexibility index (Phi) is 5.01. The third-order valence-electron chi connectivity index (χ3n) is 3.87. The molecule has 0 bridgehead atoms. The molecule has 9 heteroatoms. The fraction of sp³-hybridized carbons (Fsp3) is 0.222. The van der Waals surface area contributed by atoms with Gasteiger partial charge in [0.15, 0.2) is 5.69 Å². The number of aryl methyl sites for hydroxylation is 1. The highest BCUT2D eigenvalue weighted by Gasteiger charge is 2.40. The summed E-state index contributed by atoms with van der Waals surface area (Å²) in [6.07, 6.45) is -3.91. The molecule has 2 aromatic heterocycles. The normalized spacial score (nSPS) is 12.8. The van der Waals surface area contributed by atoms with Gasteiger partial charge in [0.25, 0.3) is 5.91 Å². The van der Waals surface area contributed by atoms with Gasteiger partial charge in [-0.3, -0.25) is 4.79 Å². The van der Waals surface area contributed by atoms with Crippen molar-refractivity contribution in [3.8, 4) is 5.69 Å². The Balaban J connectivity index is 1.97. The number of hydrogen-bond acceptors (Lipinski definition) is 3. The monoisotopic (exact) mass is 397 g/mol. The largest absolute Gasteiger partial charge is 0.464 e. The number of rotatable bonds is 4. The molecule has 2 heterocycles. The number of furan rings is 1. The van der Waals surface area contributed by atoms with E-state index in [0.717, 1.165) is 6.20 Å². The Morgan fingerprint density at radius 3 is 2.63 bits per heavy atom. The number of hydrogen-bond donors (Lipinski definition) is 1. The van der Waals surface area contributed by atoms with Crippen LogP contribution in [0.3, 0.4) is 0 Å². The molecule has 0 aliphatic heterocycles. The molecule has 3 aromatic rings. The van der Waals surface area contributed by atoms with Gasteiger partial charge in [-0.15, -0.1) is 0 Å². The highest BCUT2D eigenvalue weighted by atomic mass is 35.5. The topological polar surface area (TPSA) is 60.1 Å². The second kappa shape index (κ2) is 7.11. The summed E-state index contributed by atoms with van der Waals surface area (Å²) in [4.78, 5) is 12.5. The number of carbonyl (C=O) groups excluding carboxylic acids is 1. The first-order chi connectivity index (χ1) is 12.7. The zero-order valence-electron chi connectivity index (χ0n) is 14.3. The van der Waals surface area contributed by atoms with E-state index in [1.54, 1.807) is 26.0 Å². The van der Waals surface area contributed by atoms with Gasteiger partial charge in [-0.05, 0) is 44.2 Å². The van der Waals surface area contributed by atoms with Crippen molar-refractivity contribution in [3.63, 3.8) is 0 Å². The van der Waals surface area contributed by atoms with E-state index in [9.17, 15) is 18.0 Å². The van der Waals surface area contributed by atoms with E-state index in [1.807, 2.05) is 0 Å². The molecular formula is C18H15ClF3N3O2. The van der Waals surface area contributed by atoms with Crippen LogP contribution in [0.5, 0.6) is 0 Å². The van der Waals surface area contributed by atoms with Crippen molar-refractivity contribution in [3.05, 3.63) is 70.4 Å². The lowest BCUT2D eigenvalue weighted by molar-refractivity contribution is -0.143. The van der Waals surface area contributed by atoms with Crippen molar-refractivity contribution >= 4 is 17.5 Å². The molecule has 1 N–H and O–H groups in total. The van der Waals surface area contributed by atoms with Gasteiger partial charge in [0.2, 0.25) is 0 Å².